The van der Waals surface area contributed by atoms with Gasteiger partial charge in [0.05, 0.1) is 7.11 Å². The zero-order valence-corrected chi connectivity index (χ0v) is 8.68. The van der Waals surface area contributed by atoms with E-state index in [9.17, 15) is 0 Å². The molecule has 0 saturated heterocycles. The first-order chi connectivity index (χ1) is 5.63. The van der Waals surface area contributed by atoms with Crippen molar-refractivity contribution in [2.45, 2.75) is 27.2 Å². The molecule has 70 valence electrons. The Labute approximate surface area is 76.4 Å². The van der Waals surface area contributed by atoms with Gasteiger partial charge in [-0.25, -0.2) is 0 Å². The van der Waals surface area contributed by atoms with E-state index in [1.54, 1.807) is 19.3 Å². The number of hydrogen-bond donors (Lipinski definition) is 0. The molecule has 0 rings (SSSR count). The van der Waals surface area contributed by atoms with Crippen molar-refractivity contribution < 1.29 is 4.74 Å². The zero-order chi connectivity index (χ0) is 9.98. The van der Waals surface area contributed by atoms with E-state index in [0.29, 0.717) is 0 Å². The van der Waals surface area contributed by atoms with Gasteiger partial charge in [0.1, 0.15) is 5.76 Å². The van der Waals surface area contributed by atoms with E-state index in [1.807, 2.05) is 6.92 Å². The minimum Gasteiger partial charge on any atom is -0.497 e. The van der Waals surface area contributed by atoms with Gasteiger partial charge in [0.2, 0.25) is 0 Å². The van der Waals surface area contributed by atoms with Crippen LogP contribution in [-0.4, -0.2) is 7.11 Å². The fourth-order valence-electron chi connectivity index (χ4n) is 0.492. The number of hydrogen-bond acceptors (Lipinski definition) is 1. The van der Waals surface area contributed by atoms with Crippen LogP contribution < -0.4 is 0 Å². The lowest BCUT2D eigenvalue weighted by molar-refractivity contribution is 0.301. The van der Waals surface area contributed by atoms with Crippen molar-refractivity contribution in [3.63, 3.8) is 0 Å². The van der Waals surface area contributed by atoms with E-state index in [-0.39, 0.29) is 0 Å². The smallest absolute Gasteiger partial charge is 0.121 e. The number of rotatable bonds is 3. The molecule has 0 aliphatic carbocycles. The summed E-state index contributed by atoms with van der Waals surface area (Å²) in [5, 5.41) is 0. The second kappa shape index (κ2) is 10.0. The number of allylic oxidation sites excluding steroid dienone is 3. The van der Waals surface area contributed by atoms with Gasteiger partial charge in [-0.3, -0.25) is 0 Å². The third-order valence-corrected chi connectivity index (χ3v) is 0.910. The van der Waals surface area contributed by atoms with Gasteiger partial charge in [0.25, 0.3) is 0 Å². The van der Waals surface area contributed by atoms with Crippen LogP contribution in [0.25, 0.3) is 0 Å². The summed E-state index contributed by atoms with van der Waals surface area (Å²) in [6.45, 7) is 13.4. The number of ether oxygens (including phenoxy) is 1. The van der Waals surface area contributed by atoms with Crippen LogP contribution >= 0.6 is 0 Å². The van der Waals surface area contributed by atoms with Crippen LogP contribution in [0.3, 0.4) is 0 Å². The van der Waals surface area contributed by atoms with Crippen molar-refractivity contribution in [1.82, 2.24) is 0 Å². The molecule has 1 heteroatoms. The molecule has 0 aromatic heterocycles. The summed E-state index contributed by atoms with van der Waals surface area (Å²) in [7, 11) is 1.62. The molecule has 0 bridgehead atoms. The number of methoxy groups -OCH3 is 1. The Morgan fingerprint density at radius 1 is 1.42 bits per heavy atom. The SMILES string of the molecule is C=C/C=C(/OC)C(=C)C.CCC. The Kier molecular flexibility index (Phi) is 11.4. The van der Waals surface area contributed by atoms with Crippen LogP contribution in [0, 0.1) is 0 Å². The normalized spacial score (nSPS) is 9.50. The van der Waals surface area contributed by atoms with E-state index < -0.39 is 0 Å². The molecule has 0 N–H and O–H groups in total. The average Bonchev–Trinajstić information content (AvgIpc) is 2.01. The Morgan fingerprint density at radius 2 is 1.83 bits per heavy atom. The van der Waals surface area contributed by atoms with Crippen molar-refractivity contribution in [2.75, 3.05) is 7.11 Å². The Balaban J connectivity index is 0. The quantitative estimate of drug-likeness (QED) is 0.461. The highest BCUT2D eigenvalue weighted by atomic mass is 16.5. The van der Waals surface area contributed by atoms with E-state index in [0.717, 1.165) is 11.3 Å². The summed E-state index contributed by atoms with van der Waals surface area (Å²) in [5.74, 6) is 0.782. The third kappa shape index (κ3) is 9.02. The second-order valence-corrected chi connectivity index (χ2v) is 2.46. The standard InChI is InChI=1S/C8H12O.C3H8/c1-5-6-8(9-4)7(2)3;1-3-2/h5-6H,1-2H2,3-4H3;3H2,1-2H3/b8-6+;. The van der Waals surface area contributed by atoms with Gasteiger partial charge < -0.3 is 4.74 Å². The highest BCUT2D eigenvalue weighted by Gasteiger charge is 1.91. The summed E-state index contributed by atoms with van der Waals surface area (Å²) in [6.07, 6.45) is 4.70. The summed E-state index contributed by atoms with van der Waals surface area (Å²) in [5.41, 5.74) is 0.914. The van der Waals surface area contributed by atoms with Gasteiger partial charge in [-0.15, -0.1) is 0 Å². The third-order valence-electron chi connectivity index (χ3n) is 0.910. The molecule has 0 aliphatic rings. The first-order valence-corrected chi connectivity index (χ1v) is 4.16. The minimum atomic E-state index is 0.782. The summed E-state index contributed by atoms with van der Waals surface area (Å²) in [4.78, 5) is 0. The predicted molar refractivity (Wildman–Crippen MR) is 56.1 cm³/mol. The highest BCUT2D eigenvalue weighted by molar-refractivity contribution is 5.23. The van der Waals surface area contributed by atoms with Crippen LogP contribution in [0.1, 0.15) is 27.2 Å². The average molecular weight is 168 g/mol. The lowest BCUT2D eigenvalue weighted by Crippen LogP contribution is -1.85. The Hall–Kier alpha value is -0.980. The lowest BCUT2D eigenvalue weighted by Gasteiger charge is -2.01. The second-order valence-electron chi connectivity index (χ2n) is 2.46. The molecule has 0 spiro atoms. The molecular formula is C11H20O. The van der Waals surface area contributed by atoms with Crippen LogP contribution in [0.2, 0.25) is 0 Å². The van der Waals surface area contributed by atoms with Gasteiger partial charge in [0.15, 0.2) is 0 Å². The maximum absolute atomic E-state index is 4.94. The van der Waals surface area contributed by atoms with Crippen molar-refractivity contribution in [2.24, 2.45) is 0 Å². The molecule has 0 heterocycles. The molecule has 0 fully saturated rings. The fraction of sp³-hybridized carbons (Fsp3) is 0.455. The molecule has 0 amide bonds. The van der Waals surface area contributed by atoms with E-state index >= 15 is 0 Å². The molecule has 0 aromatic rings. The maximum Gasteiger partial charge on any atom is 0.121 e. The van der Waals surface area contributed by atoms with Gasteiger partial charge >= 0.3 is 0 Å². The van der Waals surface area contributed by atoms with Crippen LogP contribution in [0.5, 0.6) is 0 Å². The fourth-order valence-corrected chi connectivity index (χ4v) is 0.492. The topological polar surface area (TPSA) is 9.23 Å². The lowest BCUT2D eigenvalue weighted by atomic mass is 10.3. The molecule has 0 atom stereocenters. The molecule has 1 nitrogen and oxygen atoms in total. The molecule has 0 radical (unpaired) electrons. The van der Waals surface area contributed by atoms with Crippen LogP contribution in [0.4, 0.5) is 0 Å². The zero-order valence-electron chi connectivity index (χ0n) is 8.68. The van der Waals surface area contributed by atoms with Crippen molar-refractivity contribution in [3.8, 4) is 0 Å². The molecule has 0 aromatic carbocycles. The minimum absolute atomic E-state index is 0.782. The summed E-state index contributed by atoms with van der Waals surface area (Å²) in [6, 6.07) is 0. The van der Waals surface area contributed by atoms with Crippen LogP contribution in [-0.2, 0) is 4.74 Å². The van der Waals surface area contributed by atoms with Crippen molar-refractivity contribution in [3.05, 3.63) is 36.6 Å². The summed E-state index contributed by atoms with van der Waals surface area (Å²) < 4.78 is 4.94. The van der Waals surface area contributed by atoms with Gasteiger partial charge in [-0.2, -0.15) is 0 Å². The van der Waals surface area contributed by atoms with Crippen LogP contribution in [0.15, 0.2) is 36.6 Å². The van der Waals surface area contributed by atoms with Gasteiger partial charge in [-0.1, -0.05) is 39.5 Å². The molecule has 0 unspecified atom stereocenters. The van der Waals surface area contributed by atoms with E-state index in [1.165, 1.54) is 6.42 Å². The predicted octanol–water partition coefficient (Wildman–Crippen LogP) is 3.70. The molecular weight excluding hydrogens is 148 g/mol. The maximum atomic E-state index is 4.94. The monoisotopic (exact) mass is 168 g/mol. The molecule has 0 saturated carbocycles. The first-order valence-electron chi connectivity index (χ1n) is 4.16. The van der Waals surface area contributed by atoms with E-state index in [2.05, 4.69) is 27.0 Å². The van der Waals surface area contributed by atoms with Crippen molar-refractivity contribution >= 4 is 0 Å². The first kappa shape index (κ1) is 13.6. The van der Waals surface area contributed by atoms with Crippen molar-refractivity contribution in [1.29, 1.82) is 0 Å². The molecule has 0 aliphatic heterocycles. The summed E-state index contributed by atoms with van der Waals surface area (Å²) >= 11 is 0. The van der Waals surface area contributed by atoms with Gasteiger partial charge in [0, 0.05) is 0 Å². The largest absolute Gasteiger partial charge is 0.497 e. The Bertz CT molecular complexity index is 154. The Morgan fingerprint density at radius 3 is 1.92 bits per heavy atom. The highest BCUT2D eigenvalue weighted by Crippen LogP contribution is 2.05. The van der Waals surface area contributed by atoms with Gasteiger partial charge in [-0.05, 0) is 18.6 Å². The van der Waals surface area contributed by atoms with E-state index in [4.69, 9.17) is 4.74 Å². The molecule has 12 heavy (non-hydrogen) atoms.